The molecular weight excluding hydrogens is 661 g/mol. The molecule has 10 nitrogen and oxygen atoms in total. The molecule has 0 unspecified atom stereocenters. The Morgan fingerprint density at radius 1 is 0.491 bits per heavy atom. The lowest BCUT2D eigenvalue weighted by atomic mass is 10.1. The summed E-state index contributed by atoms with van der Waals surface area (Å²) in [6.07, 6.45) is 3.18. The summed E-state index contributed by atoms with van der Waals surface area (Å²) in [5.74, 6) is 3.49. The normalized spacial score (nSPS) is 10.7. The van der Waals surface area contributed by atoms with Gasteiger partial charge in [-0.2, -0.15) is 19.9 Å². The van der Waals surface area contributed by atoms with Crippen LogP contribution < -0.4 is 15.4 Å². The number of anilines is 4. The van der Waals surface area contributed by atoms with E-state index < -0.39 is 5.97 Å². The van der Waals surface area contributed by atoms with Crippen molar-refractivity contribution < 1.29 is 9.53 Å². The molecule has 0 spiro atoms. The van der Waals surface area contributed by atoms with Crippen molar-refractivity contribution >= 4 is 29.2 Å². The summed E-state index contributed by atoms with van der Waals surface area (Å²) in [4.78, 5) is 40.4. The number of para-hydroxylation sites is 2. The van der Waals surface area contributed by atoms with Gasteiger partial charge in [0, 0.05) is 43.1 Å². The smallest absolute Gasteiger partial charge is 0.335 e. The van der Waals surface area contributed by atoms with Crippen molar-refractivity contribution in [3.8, 4) is 5.75 Å². The zero-order valence-electron chi connectivity index (χ0n) is 28.9. The van der Waals surface area contributed by atoms with Crippen molar-refractivity contribution in [2.75, 3.05) is 10.6 Å². The third-order valence-electron chi connectivity index (χ3n) is 8.11. The largest absolute Gasteiger partial charge is 0.423 e. The highest BCUT2D eigenvalue weighted by molar-refractivity contribution is 5.83. The van der Waals surface area contributed by atoms with E-state index in [1.54, 1.807) is 12.1 Å². The van der Waals surface area contributed by atoms with Crippen molar-refractivity contribution in [2.45, 2.75) is 25.7 Å². The molecule has 0 aliphatic rings. The monoisotopic (exact) mass is 696 g/mol. The van der Waals surface area contributed by atoms with E-state index in [-0.39, 0.29) is 0 Å². The van der Waals surface area contributed by atoms with E-state index in [1.807, 2.05) is 97.1 Å². The third kappa shape index (κ3) is 10.0. The summed E-state index contributed by atoms with van der Waals surface area (Å²) >= 11 is 0. The summed E-state index contributed by atoms with van der Waals surface area (Å²) in [6, 6.07) is 45.4. The highest BCUT2D eigenvalue weighted by Crippen LogP contribution is 2.20. The Hall–Kier alpha value is -7.07. The first-order chi connectivity index (χ1) is 26.0. The third-order valence-corrected chi connectivity index (χ3v) is 8.11. The predicted molar refractivity (Wildman–Crippen MR) is 205 cm³/mol. The molecule has 53 heavy (non-hydrogen) atoms. The van der Waals surface area contributed by atoms with Crippen LogP contribution in [0.2, 0.25) is 0 Å². The molecule has 0 bridgehead atoms. The van der Waals surface area contributed by atoms with Gasteiger partial charge in [-0.05, 0) is 58.7 Å². The van der Waals surface area contributed by atoms with Gasteiger partial charge in [0.1, 0.15) is 29.0 Å². The van der Waals surface area contributed by atoms with E-state index in [4.69, 9.17) is 34.6 Å². The van der Waals surface area contributed by atoms with Crippen molar-refractivity contribution in [3.63, 3.8) is 0 Å². The van der Waals surface area contributed by atoms with Gasteiger partial charge in [0.15, 0.2) is 0 Å². The fraction of sp³-hybridized carbons (Fsp3) is 0.0930. The maximum Gasteiger partial charge on any atom is 0.335 e. The molecule has 7 aromatic rings. The highest BCUT2D eigenvalue weighted by atomic mass is 16.5. The molecule has 260 valence electrons. The topological polar surface area (TPSA) is 128 Å². The molecule has 0 amide bonds. The lowest BCUT2D eigenvalue weighted by molar-refractivity contribution is -0.128. The molecule has 2 N–H and O–H groups in total. The van der Waals surface area contributed by atoms with Crippen molar-refractivity contribution in [1.29, 1.82) is 0 Å². The Balaban J connectivity index is 1.13. The highest BCUT2D eigenvalue weighted by Gasteiger charge is 2.13. The van der Waals surface area contributed by atoms with Gasteiger partial charge in [0.25, 0.3) is 0 Å². The fourth-order valence-electron chi connectivity index (χ4n) is 5.68. The summed E-state index contributed by atoms with van der Waals surface area (Å²) in [5, 5.41) is 6.67. The Labute approximate surface area is 307 Å². The number of esters is 1. The van der Waals surface area contributed by atoms with Gasteiger partial charge in [-0.1, -0.05) is 110 Å². The summed E-state index contributed by atoms with van der Waals surface area (Å²) in [6.45, 7) is 3.45. The van der Waals surface area contributed by atoms with Crippen LogP contribution in [-0.4, -0.2) is 35.9 Å². The molecule has 0 radical (unpaired) electrons. The maximum atomic E-state index is 11.6. The Bertz CT molecular complexity index is 2240. The molecule has 0 aliphatic carbocycles. The van der Waals surface area contributed by atoms with E-state index >= 15 is 0 Å². The fourth-order valence-corrected chi connectivity index (χ4v) is 5.68. The second-order valence-electron chi connectivity index (χ2n) is 12.2. The molecule has 0 atom stereocenters. The number of nitrogens with one attached hydrogen (secondary N) is 2. The number of carbonyl (C=O) groups excluding carboxylic acids is 1. The zero-order valence-corrected chi connectivity index (χ0v) is 28.9. The first-order valence-corrected chi connectivity index (χ1v) is 17.2. The van der Waals surface area contributed by atoms with Crippen LogP contribution in [0.1, 0.15) is 45.6 Å². The van der Waals surface area contributed by atoms with Gasteiger partial charge in [0.2, 0.25) is 11.9 Å². The van der Waals surface area contributed by atoms with Crippen LogP contribution in [0.5, 0.6) is 5.75 Å². The van der Waals surface area contributed by atoms with Gasteiger partial charge < -0.3 is 15.4 Å². The standard InChI is InChI=1S/C43H36N8O2/c1-2-41(52)53-36-23-21-31(22-24-36)27-38-47-40(51-43(49-38)45-35-19-10-5-11-20-35)29-33-16-12-15-32(25-33)28-39-46-37(26-30-13-6-3-7-14-30)48-42(50-39)44-34-17-8-4-9-18-34/h2-25H,1,26-29H2,(H,44,46,48,50)(H,45,47,49,51). The van der Waals surface area contributed by atoms with Crippen LogP contribution in [0, 0.1) is 0 Å². The van der Waals surface area contributed by atoms with Crippen molar-refractivity contribution in [2.24, 2.45) is 0 Å². The van der Waals surface area contributed by atoms with Crippen LogP contribution in [-0.2, 0) is 30.5 Å². The summed E-state index contributed by atoms with van der Waals surface area (Å²) in [5.41, 5.74) is 5.95. The van der Waals surface area contributed by atoms with E-state index in [0.717, 1.165) is 39.7 Å². The van der Waals surface area contributed by atoms with Crippen LogP contribution >= 0.6 is 0 Å². The molecule has 0 aliphatic heterocycles. The van der Waals surface area contributed by atoms with Crippen LogP contribution in [0.4, 0.5) is 23.3 Å². The van der Waals surface area contributed by atoms with Crippen molar-refractivity contribution in [1.82, 2.24) is 29.9 Å². The number of ether oxygens (including phenoxy) is 1. The molecule has 2 heterocycles. The van der Waals surface area contributed by atoms with Gasteiger partial charge in [-0.3, -0.25) is 0 Å². The molecule has 2 aromatic heterocycles. The molecule has 5 aromatic carbocycles. The van der Waals surface area contributed by atoms with Gasteiger partial charge in [0.05, 0.1) is 0 Å². The maximum absolute atomic E-state index is 11.6. The first-order valence-electron chi connectivity index (χ1n) is 17.2. The van der Waals surface area contributed by atoms with E-state index in [9.17, 15) is 4.79 Å². The summed E-state index contributed by atoms with van der Waals surface area (Å²) < 4.78 is 5.22. The van der Waals surface area contributed by atoms with Crippen LogP contribution in [0.25, 0.3) is 0 Å². The molecular formula is C43H36N8O2. The van der Waals surface area contributed by atoms with Gasteiger partial charge in [-0.25, -0.2) is 14.8 Å². The molecule has 0 saturated carbocycles. The Kier molecular flexibility index (Phi) is 10.9. The van der Waals surface area contributed by atoms with E-state index in [2.05, 4.69) is 47.5 Å². The second kappa shape index (κ2) is 16.8. The molecule has 0 saturated heterocycles. The van der Waals surface area contributed by atoms with E-state index in [1.165, 1.54) is 0 Å². The van der Waals surface area contributed by atoms with Crippen molar-refractivity contribution in [3.05, 3.63) is 198 Å². The van der Waals surface area contributed by atoms with Crippen LogP contribution in [0.3, 0.4) is 0 Å². The lowest BCUT2D eigenvalue weighted by Crippen LogP contribution is -2.10. The molecule has 0 fully saturated rings. The minimum Gasteiger partial charge on any atom is -0.423 e. The number of nitrogens with zero attached hydrogens (tertiary/aromatic N) is 6. The second-order valence-corrected chi connectivity index (χ2v) is 12.2. The Morgan fingerprint density at radius 3 is 1.34 bits per heavy atom. The number of rotatable bonds is 14. The Morgan fingerprint density at radius 2 is 0.887 bits per heavy atom. The predicted octanol–water partition coefficient (Wildman–Crippen LogP) is 8.00. The lowest BCUT2D eigenvalue weighted by Gasteiger charge is -2.11. The quantitative estimate of drug-likeness (QED) is 0.0656. The minimum absolute atomic E-state index is 0.439. The van der Waals surface area contributed by atoms with Gasteiger partial charge in [-0.15, -0.1) is 0 Å². The van der Waals surface area contributed by atoms with Gasteiger partial charge >= 0.3 is 5.97 Å². The van der Waals surface area contributed by atoms with E-state index in [0.29, 0.717) is 66.6 Å². The number of hydrogen-bond acceptors (Lipinski definition) is 10. The van der Waals surface area contributed by atoms with Crippen LogP contribution in [0.15, 0.2) is 152 Å². The number of aromatic nitrogens is 6. The first kappa shape index (κ1) is 34.4. The average molecular weight is 697 g/mol. The zero-order chi connectivity index (χ0) is 36.2. The summed E-state index contributed by atoms with van der Waals surface area (Å²) in [7, 11) is 0. The average Bonchev–Trinajstić information content (AvgIpc) is 3.17. The number of benzene rings is 5. The number of hydrogen-bond donors (Lipinski definition) is 2. The minimum atomic E-state index is -0.508. The molecule has 7 rings (SSSR count). The molecule has 10 heteroatoms. The SMILES string of the molecule is C=CC(=O)Oc1ccc(Cc2nc(Cc3cccc(Cc4nc(Cc5ccccc5)nc(Nc5ccccc5)n4)c3)nc(Nc3ccccc3)n2)cc1. The number of carbonyl (C=O) groups is 1.